The number of amidine groups is 1. The molecule has 1 unspecified atom stereocenters. The smallest absolute Gasteiger partial charge is 0.161 e. The van der Waals surface area contributed by atoms with Gasteiger partial charge in [-0.25, -0.2) is 10.4 Å². The number of carbonyl (C=O) groups excluding carboxylic acids is 1. The van der Waals surface area contributed by atoms with Gasteiger partial charge in [0.05, 0.1) is 5.69 Å². The number of hydrazine groups is 1. The van der Waals surface area contributed by atoms with Gasteiger partial charge >= 0.3 is 0 Å². The van der Waals surface area contributed by atoms with Crippen molar-refractivity contribution in [2.24, 2.45) is 4.99 Å². The van der Waals surface area contributed by atoms with E-state index in [1.807, 2.05) is 19.2 Å². The number of Topliss-reactive ketones (excluding diaryl/α,β-unsaturated/α-hetero) is 1. The van der Waals surface area contributed by atoms with Crippen molar-refractivity contribution >= 4 is 17.3 Å². The minimum Gasteiger partial charge on any atom is -0.489 e. The van der Waals surface area contributed by atoms with E-state index in [1.54, 1.807) is 6.92 Å². The van der Waals surface area contributed by atoms with Crippen LogP contribution >= 0.6 is 0 Å². The lowest BCUT2D eigenvalue weighted by molar-refractivity contribution is 0.101. The molecule has 188 valence electrons. The number of hydrogen-bond acceptors (Lipinski definition) is 6. The fourth-order valence-corrected chi connectivity index (χ4v) is 4.53. The summed E-state index contributed by atoms with van der Waals surface area (Å²) in [5.74, 6) is 1.78. The topological polar surface area (TPSA) is 74.8 Å². The fraction of sp³-hybridized carbons (Fsp3) is 0.333. The molecule has 6 nitrogen and oxygen atoms in total. The highest BCUT2D eigenvalue weighted by atomic mass is 16.5. The average Bonchev–Trinajstić information content (AvgIpc) is 3.38. The normalized spacial score (nSPS) is 14.8. The van der Waals surface area contributed by atoms with E-state index in [0.29, 0.717) is 12.2 Å². The molecule has 3 N–H and O–H groups in total. The van der Waals surface area contributed by atoms with Gasteiger partial charge in [-0.3, -0.25) is 4.79 Å². The molecule has 0 radical (unpaired) electrons. The second kappa shape index (κ2) is 11.9. The maximum absolute atomic E-state index is 12.1. The average molecular weight is 485 g/mol. The number of anilines is 1. The summed E-state index contributed by atoms with van der Waals surface area (Å²) in [6, 6.07) is 20.9. The Balaban J connectivity index is 1.43. The maximum Gasteiger partial charge on any atom is 0.161 e. The van der Waals surface area contributed by atoms with Crippen molar-refractivity contribution in [3.05, 3.63) is 94.0 Å². The van der Waals surface area contributed by atoms with Crippen LogP contribution in [0.1, 0.15) is 71.8 Å². The molecule has 0 fully saturated rings. The Morgan fingerprint density at radius 2 is 1.81 bits per heavy atom. The Morgan fingerprint density at radius 1 is 1.03 bits per heavy atom. The van der Waals surface area contributed by atoms with Crippen LogP contribution in [0.4, 0.5) is 5.69 Å². The second-order valence-corrected chi connectivity index (χ2v) is 9.17. The Labute approximate surface area is 214 Å². The molecule has 1 heterocycles. The molecule has 1 aliphatic rings. The van der Waals surface area contributed by atoms with Gasteiger partial charge in [-0.1, -0.05) is 62.7 Å². The van der Waals surface area contributed by atoms with Gasteiger partial charge in [-0.2, -0.15) is 0 Å². The van der Waals surface area contributed by atoms with E-state index >= 15 is 0 Å². The van der Waals surface area contributed by atoms with Crippen molar-refractivity contribution in [3.63, 3.8) is 0 Å². The first kappa shape index (κ1) is 25.5. The summed E-state index contributed by atoms with van der Waals surface area (Å²) in [6.07, 6.45) is 3.76. The van der Waals surface area contributed by atoms with E-state index in [4.69, 9.17) is 4.74 Å². The summed E-state index contributed by atoms with van der Waals surface area (Å²) in [4.78, 5) is 16.7. The van der Waals surface area contributed by atoms with Crippen LogP contribution in [0.25, 0.3) is 0 Å². The third-order valence-corrected chi connectivity index (χ3v) is 6.45. The molecule has 0 saturated heterocycles. The van der Waals surface area contributed by atoms with E-state index in [2.05, 4.69) is 83.5 Å². The zero-order valence-electron chi connectivity index (χ0n) is 21.7. The molecule has 6 heteroatoms. The lowest BCUT2D eigenvalue weighted by atomic mass is 9.99. The Morgan fingerprint density at radius 3 is 2.47 bits per heavy atom. The van der Waals surface area contributed by atoms with Gasteiger partial charge in [-0.05, 0) is 61.1 Å². The minimum absolute atomic E-state index is 0.0543. The van der Waals surface area contributed by atoms with Crippen LogP contribution in [0, 0.1) is 0 Å². The van der Waals surface area contributed by atoms with Gasteiger partial charge in [0.2, 0.25) is 0 Å². The van der Waals surface area contributed by atoms with Crippen LogP contribution in [0.15, 0.2) is 65.7 Å². The number of ether oxygens (including phenoxy) is 1. The molecule has 36 heavy (non-hydrogen) atoms. The molecule has 1 aliphatic heterocycles. The Bertz CT molecular complexity index is 1230. The zero-order valence-corrected chi connectivity index (χ0v) is 21.7. The molecular formula is C30H36N4O2. The summed E-state index contributed by atoms with van der Waals surface area (Å²) >= 11 is 0. The lowest BCUT2D eigenvalue weighted by Gasteiger charge is -2.18. The highest BCUT2D eigenvalue weighted by Crippen LogP contribution is 2.32. The van der Waals surface area contributed by atoms with Gasteiger partial charge in [0.1, 0.15) is 24.4 Å². The summed E-state index contributed by atoms with van der Waals surface area (Å²) < 4.78 is 6.22. The summed E-state index contributed by atoms with van der Waals surface area (Å²) in [7, 11) is 1.86. The predicted octanol–water partition coefficient (Wildman–Crippen LogP) is 5.64. The third-order valence-electron chi connectivity index (χ3n) is 6.45. The van der Waals surface area contributed by atoms with E-state index in [1.165, 1.54) is 11.1 Å². The number of nitrogens with one attached hydrogen (secondary N) is 3. The van der Waals surface area contributed by atoms with Crippen molar-refractivity contribution in [1.29, 1.82) is 0 Å². The van der Waals surface area contributed by atoms with Gasteiger partial charge < -0.3 is 15.5 Å². The fourth-order valence-electron chi connectivity index (χ4n) is 4.53. The number of nitrogens with zero attached hydrogens (tertiary/aromatic N) is 1. The molecule has 0 saturated carbocycles. The predicted molar refractivity (Wildman–Crippen MR) is 147 cm³/mol. The van der Waals surface area contributed by atoms with Crippen molar-refractivity contribution in [2.45, 2.75) is 59.2 Å². The molecule has 0 aromatic heterocycles. The van der Waals surface area contributed by atoms with E-state index in [9.17, 15) is 4.79 Å². The van der Waals surface area contributed by atoms with Crippen molar-refractivity contribution in [3.8, 4) is 5.75 Å². The summed E-state index contributed by atoms with van der Waals surface area (Å²) in [5.41, 5.74) is 13.7. The molecule has 0 bridgehead atoms. The van der Waals surface area contributed by atoms with Crippen LogP contribution in [0.3, 0.4) is 0 Å². The molecule has 0 spiro atoms. The van der Waals surface area contributed by atoms with Crippen LogP contribution in [-0.4, -0.2) is 24.8 Å². The first-order valence-electron chi connectivity index (χ1n) is 12.8. The zero-order chi connectivity index (χ0) is 25.5. The van der Waals surface area contributed by atoms with Gasteiger partial charge in [0.15, 0.2) is 5.78 Å². The molecule has 4 rings (SSSR count). The van der Waals surface area contributed by atoms with Crippen molar-refractivity contribution in [1.82, 2.24) is 10.9 Å². The van der Waals surface area contributed by atoms with E-state index < -0.39 is 0 Å². The van der Waals surface area contributed by atoms with Gasteiger partial charge in [0.25, 0.3) is 0 Å². The summed E-state index contributed by atoms with van der Waals surface area (Å²) in [6.45, 7) is 6.33. The number of aliphatic imine (C=N–C) groups is 1. The SMILES string of the molecule is CCCc1c(OCc2ccc(Cc3cccc(C4=NC(CC)NN4)c3)cc2)ccc(C(C)=O)c1NC. The lowest BCUT2D eigenvalue weighted by Crippen LogP contribution is -2.34. The highest BCUT2D eigenvalue weighted by molar-refractivity contribution is 6.01. The number of rotatable bonds is 11. The van der Waals surface area contributed by atoms with Gasteiger partial charge in [-0.15, -0.1) is 0 Å². The highest BCUT2D eigenvalue weighted by Gasteiger charge is 2.17. The number of hydrogen-bond donors (Lipinski definition) is 3. The first-order valence-corrected chi connectivity index (χ1v) is 12.8. The number of carbonyl (C=O) groups is 1. The third kappa shape index (κ3) is 5.94. The van der Waals surface area contributed by atoms with Crippen molar-refractivity contribution < 1.29 is 9.53 Å². The van der Waals surface area contributed by atoms with Crippen LogP contribution in [0.2, 0.25) is 0 Å². The Kier molecular flexibility index (Phi) is 8.39. The molecule has 3 aromatic carbocycles. The first-order chi connectivity index (χ1) is 17.5. The largest absolute Gasteiger partial charge is 0.489 e. The monoisotopic (exact) mass is 484 g/mol. The van der Waals surface area contributed by atoms with E-state index in [-0.39, 0.29) is 11.9 Å². The molecule has 1 atom stereocenters. The minimum atomic E-state index is 0.0543. The quantitative estimate of drug-likeness (QED) is 0.307. The molecular weight excluding hydrogens is 448 g/mol. The summed E-state index contributed by atoms with van der Waals surface area (Å²) in [5, 5.41) is 3.21. The van der Waals surface area contributed by atoms with Crippen LogP contribution < -0.4 is 20.9 Å². The van der Waals surface area contributed by atoms with E-state index in [0.717, 1.165) is 59.6 Å². The van der Waals surface area contributed by atoms with Crippen molar-refractivity contribution in [2.75, 3.05) is 12.4 Å². The molecule has 3 aromatic rings. The van der Waals surface area contributed by atoms with Crippen LogP contribution in [-0.2, 0) is 19.4 Å². The standard InChI is InChI=1S/C30H36N4O2/c1-5-8-26-27(16-15-25(20(3)35)29(26)31-4)36-19-22-13-11-21(12-14-22)17-23-9-7-10-24(18-23)30-32-28(6-2)33-34-30/h7,9-16,18,28,31,33H,5-6,8,17,19H2,1-4H3,(H,32,34). The van der Waals surface area contributed by atoms with Gasteiger partial charge in [0, 0.05) is 23.7 Å². The number of benzene rings is 3. The Hall–Kier alpha value is -3.64. The second-order valence-electron chi connectivity index (χ2n) is 9.17. The maximum atomic E-state index is 12.1. The molecule has 0 amide bonds. The van der Waals surface area contributed by atoms with Crippen LogP contribution in [0.5, 0.6) is 5.75 Å². The number of ketones is 1. The molecule has 0 aliphatic carbocycles.